The fourth-order valence-electron chi connectivity index (χ4n) is 2.69. The quantitative estimate of drug-likeness (QED) is 0.682. The van der Waals surface area contributed by atoms with Crippen molar-refractivity contribution < 1.29 is 4.42 Å². The first-order valence-corrected chi connectivity index (χ1v) is 4.70. The Kier molecular flexibility index (Phi) is 1.32. The molecule has 2 bridgehead atoms. The second-order valence-corrected chi connectivity index (χ2v) is 3.96. The summed E-state index contributed by atoms with van der Waals surface area (Å²) in [4.78, 5) is 0. The molecule has 2 nitrogen and oxygen atoms in total. The average molecular weight is 163 g/mol. The monoisotopic (exact) mass is 163 g/mol. The third kappa shape index (κ3) is 0.845. The fourth-order valence-corrected chi connectivity index (χ4v) is 2.69. The van der Waals surface area contributed by atoms with Gasteiger partial charge in [0.15, 0.2) is 0 Å². The predicted molar refractivity (Wildman–Crippen MR) is 46.0 cm³/mol. The molecule has 2 heteroatoms. The summed E-state index contributed by atoms with van der Waals surface area (Å²) in [7, 11) is 0. The maximum absolute atomic E-state index is 5.44. The van der Waals surface area contributed by atoms with E-state index in [1.54, 1.807) is 6.26 Å². The van der Waals surface area contributed by atoms with Gasteiger partial charge in [-0.05, 0) is 37.4 Å². The summed E-state index contributed by atoms with van der Waals surface area (Å²) in [6.07, 6.45) is 4.41. The van der Waals surface area contributed by atoms with Gasteiger partial charge in [-0.25, -0.2) is 0 Å². The van der Waals surface area contributed by atoms with Gasteiger partial charge in [-0.3, -0.25) is 0 Å². The zero-order valence-corrected chi connectivity index (χ0v) is 6.99. The van der Waals surface area contributed by atoms with E-state index in [-0.39, 0.29) is 0 Å². The standard InChI is InChI=1S/C10H13NO/c1-2-10(12-3-1)9-5-8-4-7(9)6-11-8/h1-3,7-9,11H,4-6H2. The van der Waals surface area contributed by atoms with Gasteiger partial charge < -0.3 is 9.73 Å². The Morgan fingerprint density at radius 2 is 2.42 bits per heavy atom. The van der Waals surface area contributed by atoms with Gasteiger partial charge in [0.1, 0.15) is 5.76 Å². The van der Waals surface area contributed by atoms with Crippen molar-refractivity contribution in [1.29, 1.82) is 0 Å². The third-order valence-corrected chi connectivity index (χ3v) is 3.27. The van der Waals surface area contributed by atoms with Crippen molar-refractivity contribution >= 4 is 0 Å². The van der Waals surface area contributed by atoms with Crippen LogP contribution in [-0.4, -0.2) is 12.6 Å². The lowest BCUT2D eigenvalue weighted by Gasteiger charge is -2.19. The molecular weight excluding hydrogens is 150 g/mol. The van der Waals surface area contributed by atoms with Crippen LogP contribution in [0.25, 0.3) is 0 Å². The van der Waals surface area contributed by atoms with Gasteiger partial charge >= 0.3 is 0 Å². The molecule has 1 aromatic heterocycles. The highest BCUT2D eigenvalue weighted by Crippen LogP contribution is 2.43. The first kappa shape index (κ1) is 6.72. The van der Waals surface area contributed by atoms with Gasteiger partial charge in [-0.15, -0.1) is 0 Å². The van der Waals surface area contributed by atoms with E-state index in [9.17, 15) is 0 Å². The summed E-state index contributed by atoms with van der Waals surface area (Å²) in [5.74, 6) is 2.73. The minimum atomic E-state index is 0.700. The van der Waals surface area contributed by atoms with Crippen molar-refractivity contribution in [2.45, 2.75) is 24.8 Å². The van der Waals surface area contributed by atoms with Crippen LogP contribution >= 0.6 is 0 Å². The molecule has 1 aliphatic carbocycles. The van der Waals surface area contributed by atoms with Crippen LogP contribution in [0, 0.1) is 5.92 Å². The molecule has 1 aromatic rings. The Hall–Kier alpha value is -0.760. The summed E-state index contributed by atoms with van der Waals surface area (Å²) >= 11 is 0. The highest BCUT2D eigenvalue weighted by atomic mass is 16.3. The van der Waals surface area contributed by atoms with Crippen LogP contribution in [0.5, 0.6) is 0 Å². The number of rotatable bonds is 1. The van der Waals surface area contributed by atoms with Crippen molar-refractivity contribution in [2.24, 2.45) is 5.92 Å². The first-order chi connectivity index (χ1) is 5.93. The summed E-state index contributed by atoms with van der Waals surface area (Å²) < 4.78 is 5.44. The Morgan fingerprint density at radius 1 is 1.42 bits per heavy atom. The Morgan fingerprint density at radius 3 is 3.00 bits per heavy atom. The SMILES string of the molecule is c1coc(C2CC3CC2CN3)c1. The number of hydrogen-bond acceptors (Lipinski definition) is 2. The van der Waals surface area contributed by atoms with Gasteiger partial charge in [0.05, 0.1) is 6.26 Å². The van der Waals surface area contributed by atoms with Crippen LogP contribution in [0.1, 0.15) is 24.5 Å². The van der Waals surface area contributed by atoms with Crippen molar-refractivity contribution in [2.75, 3.05) is 6.54 Å². The molecule has 2 fully saturated rings. The zero-order chi connectivity index (χ0) is 7.97. The van der Waals surface area contributed by atoms with Crippen LogP contribution in [-0.2, 0) is 0 Å². The lowest BCUT2D eigenvalue weighted by molar-refractivity contribution is 0.370. The van der Waals surface area contributed by atoms with E-state index in [1.807, 2.05) is 6.07 Å². The van der Waals surface area contributed by atoms with Crippen LogP contribution < -0.4 is 5.32 Å². The lowest BCUT2D eigenvalue weighted by atomic mass is 9.93. The Labute approximate surface area is 72.0 Å². The maximum Gasteiger partial charge on any atom is 0.107 e. The summed E-state index contributed by atoms with van der Waals surface area (Å²) in [6.45, 7) is 1.19. The van der Waals surface area contributed by atoms with E-state index >= 15 is 0 Å². The third-order valence-electron chi connectivity index (χ3n) is 3.27. The summed E-state index contributed by atoms with van der Waals surface area (Å²) in [6, 6.07) is 4.88. The average Bonchev–Trinajstić information content (AvgIpc) is 2.81. The Balaban J connectivity index is 1.87. The van der Waals surface area contributed by atoms with Crippen LogP contribution in [0.4, 0.5) is 0 Å². The van der Waals surface area contributed by atoms with E-state index in [0.717, 1.165) is 12.0 Å². The molecule has 1 aliphatic heterocycles. The van der Waals surface area contributed by atoms with Gasteiger partial charge in [-0.2, -0.15) is 0 Å². The normalized spacial score (nSPS) is 39.2. The minimum absolute atomic E-state index is 0.700. The molecule has 1 N–H and O–H groups in total. The van der Waals surface area contributed by atoms with Crippen molar-refractivity contribution in [1.82, 2.24) is 5.32 Å². The smallest absolute Gasteiger partial charge is 0.107 e. The van der Waals surface area contributed by atoms with E-state index < -0.39 is 0 Å². The fraction of sp³-hybridized carbons (Fsp3) is 0.600. The van der Waals surface area contributed by atoms with Crippen molar-refractivity contribution in [3.63, 3.8) is 0 Å². The molecule has 3 atom stereocenters. The number of hydrogen-bond donors (Lipinski definition) is 1. The van der Waals surface area contributed by atoms with E-state index in [4.69, 9.17) is 4.42 Å². The van der Waals surface area contributed by atoms with Crippen LogP contribution in [0.15, 0.2) is 22.8 Å². The molecule has 2 heterocycles. The molecule has 12 heavy (non-hydrogen) atoms. The van der Waals surface area contributed by atoms with Gasteiger partial charge in [-0.1, -0.05) is 0 Å². The molecule has 3 rings (SSSR count). The van der Waals surface area contributed by atoms with Gasteiger partial charge in [0.2, 0.25) is 0 Å². The summed E-state index contributed by atoms with van der Waals surface area (Å²) in [5.41, 5.74) is 0. The molecule has 3 unspecified atom stereocenters. The highest BCUT2D eigenvalue weighted by molar-refractivity contribution is 5.13. The molecule has 0 amide bonds. The van der Waals surface area contributed by atoms with Crippen LogP contribution in [0.2, 0.25) is 0 Å². The van der Waals surface area contributed by atoms with E-state index in [1.165, 1.54) is 25.1 Å². The summed E-state index contributed by atoms with van der Waals surface area (Å²) in [5, 5.41) is 3.51. The minimum Gasteiger partial charge on any atom is -0.469 e. The number of furan rings is 1. The predicted octanol–water partition coefficient (Wildman–Crippen LogP) is 1.74. The number of nitrogens with one attached hydrogen (secondary N) is 1. The molecule has 1 saturated heterocycles. The zero-order valence-electron chi connectivity index (χ0n) is 6.99. The molecule has 0 aromatic carbocycles. The highest BCUT2D eigenvalue weighted by Gasteiger charge is 2.41. The van der Waals surface area contributed by atoms with Gasteiger partial charge in [0.25, 0.3) is 0 Å². The van der Waals surface area contributed by atoms with E-state index in [2.05, 4.69) is 11.4 Å². The molecule has 1 saturated carbocycles. The first-order valence-electron chi connectivity index (χ1n) is 4.70. The van der Waals surface area contributed by atoms with Gasteiger partial charge in [0, 0.05) is 12.0 Å². The maximum atomic E-state index is 5.44. The van der Waals surface area contributed by atoms with Crippen molar-refractivity contribution in [3.8, 4) is 0 Å². The molecular formula is C10H13NO. The topological polar surface area (TPSA) is 25.2 Å². The Bertz CT molecular complexity index is 267. The largest absolute Gasteiger partial charge is 0.469 e. The molecule has 0 radical (unpaired) electrons. The lowest BCUT2D eigenvalue weighted by Crippen LogP contribution is -2.28. The molecule has 2 aliphatic rings. The van der Waals surface area contributed by atoms with Crippen LogP contribution in [0.3, 0.4) is 0 Å². The van der Waals surface area contributed by atoms with Crippen molar-refractivity contribution in [3.05, 3.63) is 24.2 Å². The number of piperidine rings is 1. The second kappa shape index (κ2) is 2.36. The molecule has 64 valence electrons. The second-order valence-electron chi connectivity index (χ2n) is 3.96. The van der Waals surface area contributed by atoms with E-state index in [0.29, 0.717) is 5.92 Å². The molecule has 0 spiro atoms. The number of fused-ring (bicyclic) bond motifs is 2.